The topological polar surface area (TPSA) is 42.7 Å². The first-order valence-electron chi connectivity index (χ1n) is 6.42. The molecule has 0 atom stereocenters. The van der Waals surface area contributed by atoms with Crippen LogP contribution in [0, 0.1) is 0 Å². The van der Waals surface area contributed by atoms with Crippen molar-refractivity contribution in [3.63, 3.8) is 0 Å². The molecule has 0 bridgehead atoms. The number of rotatable bonds is 5. The Kier molecular flexibility index (Phi) is 4.10. The summed E-state index contributed by atoms with van der Waals surface area (Å²) in [5.41, 5.74) is 2.28. The zero-order valence-corrected chi connectivity index (χ0v) is 11.2. The van der Waals surface area contributed by atoms with Crippen LogP contribution in [0.15, 0.2) is 30.6 Å². The molecule has 4 nitrogen and oxygen atoms in total. The Bertz CT molecular complexity index is 485. The van der Waals surface area contributed by atoms with Crippen LogP contribution in [0.5, 0.6) is 0 Å². The molecule has 0 aromatic carbocycles. The monoisotopic (exact) mass is 244 g/mol. The zero-order valence-electron chi connectivity index (χ0n) is 11.2. The van der Waals surface area contributed by atoms with Gasteiger partial charge in [-0.1, -0.05) is 26.8 Å². The number of nitrogens with zero attached hydrogens (tertiary/aromatic N) is 3. The molecule has 2 aromatic rings. The van der Waals surface area contributed by atoms with E-state index in [0.29, 0.717) is 5.92 Å². The predicted octanol–water partition coefficient (Wildman–Crippen LogP) is 2.50. The van der Waals surface area contributed by atoms with Crippen LogP contribution in [-0.2, 0) is 6.54 Å². The van der Waals surface area contributed by atoms with Gasteiger partial charge in [-0.05, 0) is 30.2 Å². The van der Waals surface area contributed by atoms with Crippen LogP contribution >= 0.6 is 0 Å². The van der Waals surface area contributed by atoms with Gasteiger partial charge in [-0.15, -0.1) is 0 Å². The van der Waals surface area contributed by atoms with Crippen LogP contribution in [0.3, 0.4) is 0 Å². The Hall–Kier alpha value is -1.68. The Balaban J connectivity index is 2.12. The molecule has 2 rings (SSSR count). The van der Waals surface area contributed by atoms with Crippen molar-refractivity contribution in [2.24, 2.45) is 0 Å². The van der Waals surface area contributed by atoms with Crippen molar-refractivity contribution in [2.75, 3.05) is 6.54 Å². The van der Waals surface area contributed by atoms with Crippen LogP contribution in [0.4, 0.5) is 0 Å². The van der Waals surface area contributed by atoms with Crippen LogP contribution in [0.25, 0.3) is 5.82 Å². The van der Waals surface area contributed by atoms with Gasteiger partial charge in [-0.2, -0.15) is 5.10 Å². The lowest BCUT2D eigenvalue weighted by molar-refractivity contribution is 0.720. The van der Waals surface area contributed by atoms with Crippen LogP contribution in [0.1, 0.15) is 37.9 Å². The fraction of sp³-hybridized carbons (Fsp3) is 0.429. The summed E-state index contributed by atoms with van der Waals surface area (Å²) in [7, 11) is 0. The molecule has 0 fully saturated rings. The molecule has 18 heavy (non-hydrogen) atoms. The summed E-state index contributed by atoms with van der Waals surface area (Å²) in [6, 6.07) is 6.13. The van der Waals surface area contributed by atoms with Gasteiger partial charge in [-0.25, -0.2) is 9.67 Å². The first kappa shape index (κ1) is 12.8. The van der Waals surface area contributed by atoms with E-state index in [4.69, 9.17) is 0 Å². The van der Waals surface area contributed by atoms with Crippen LogP contribution in [0.2, 0.25) is 0 Å². The maximum absolute atomic E-state index is 4.51. The second kappa shape index (κ2) is 5.78. The fourth-order valence-electron chi connectivity index (χ4n) is 1.70. The number of pyridine rings is 1. The van der Waals surface area contributed by atoms with E-state index >= 15 is 0 Å². The van der Waals surface area contributed by atoms with Gasteiger partial charge in [0, 0.05) is 18.9 Å². The summed E-state index contributed by atoms with van der Waals surface area (Å²) in [5, 5.41) is 7.79. The van der Waals surface area contributed by atoms with Crippen LogP contribution < -0.4 is 5.32 Å². The second-order valence-corrected chi connectivity index (χ2v) is 4.64. The van der Waals surface area contributed by atoms with Gasteiger partial charge in [0.15, 0.2) is 5.82 Å². The molecule has 2 aromatic heterocycles. The van der Waals surface area contributed by atoms with E-state index in [0.717, 1.165) is 24.6 Å². The highest BCUT2D eigenvalue weighted by atomic mass is 15.3. The van der Waals surface area contributed by atoms with Gasteiger partial charge in [0.25, 0.3) is 0 Å². The quantitative estimate of drug-likeness (QED) is 0.878. The molecule has 0 saturated heterocycles. The molecule has 0 aliphatic carbocycles. The zero-order chi connectivity index (χ0) is 13.0. The summed E-state index contributed by atoms with van der Waals surface area (Å²) in [4.78, 5) is 4.43. The minimum Gasteiger partial charge on any atom is -0.313 e. The van der Waals surface area contributed by atoms with Crippen molar-refractivity contribution in [2.45, 2.75) is 33.2 Å². The molecule has 4 heteroatoms. The van der Waals surface area contributed by atoms with Gasteiger partial charge < -0.3 is 5.32 Å². The lowest BCUT2D eigenvalue weighted by atomic mass is 10.1. The minimum atomic E-state index is 0.444. The normalized spacial score (nSPS) is 11.1. The molecule has 0 unspecified atom stereocenters. The lowest BCUT2D eigenvalue weighted by Gasteiger charge is -2.04. The molecule has 0 spiro atoms. The van der Waals surface area contributed by atoms with Gasteiger partial charge in [0.1, 0.15) is 0 Å². The van der Waals surface area contributed by atoms with Crippen molar-refractivity contribution in [1.29, 1.82) is 0 Å². The molecule has 0 aliphatic rings. The van der Waals surface area contributed by atoms with E-state index in [2.05, 4.69) is 42.2 Å². The van der Waals surface area contributed by atoms with Crippen molar-refractivity contribution >= 4 is 0 Å². The summed E-state index contributed by atoms with van der Waals surface area (Å²) in [6.07, 6.45) is 3.86. The van der Waals surface area contributed by atoms with Gasteiger partial charge in [0.05, 0.1) is 5.69 Å². The lowest BCUT2D eigenvalue weighted by Crippen LogP contribution is -2.12. The molecule has 0 saturated carbocycles. The number of aromatic nitrogens is 3. The molecule has 1 N–H and O–H groups in total. The first-order chi connectivity index (χ1) is 8.70. The van der Waals surface area contributed by atoms with E-state index in [1.54, 1.807) is 0 Å². The van der Waals surface area contributed by atoms with Crippen molar-refractivity contribution in [3.05, 3.63) is 41.9 Å². The number of nitrogens with one attached hydrogen (secondary N) is 1. The third-order valence-electron chi connectivity index (χ3n) is 2.82. The summed E-state index contributed by atoms with van der Waals surface area (Å²) < 4.78 is 1.83. The van der Waals surface area contributed by atoms with E-state index in [9.17, 15) is 0 Å². The summed E-state index contributed by atoms with van der Waals surface area (Å²) in [6.45, 7) is 8.21. The molecule has 0 amide bonds. The van der Waals surface area contributed by atoms with E-state index in [1.165, 1.54) is 5.56 Å². The molecule has 0 aliphatic heterocycles. The molecule has 96 valence electrons. The highest BCUT2D eigenvalue weighted by molar-refractivity contribution is 5.25. The Morgan fingerprint density at radius 1 is 1.28 bits per heavy atom. The average molecular weight is 244 g/mol. The van der Waals surface area contributed by atoms with Gasteiger partial charge in [0.2, 0.25) is 0 Å². The predicted molar refractivity (Wildman–Crippen MR) is 72.8 cm³/mol. The average Bonchev–Trinajstić information content (AvgIpc) is 2.87. The van der Waals surface area contributed by atoms with Crippen molar-refractivity contribution in [3.8, 4) is 5.82 Å². The summed E-state index contributed by atoms with van der Waals surface area (Å²) >= 11 is 0. The van der Waals surface area contributed by atoms with Crippen molar-refractivity contribution < 1.29 is 0 Å². The second-order valence-electron chi connectivity index (χ2n) is 4.64. The van der Waals surface area contributed by atoms with E-state index in [-0.39, 0.29) is 0 Å². The molecule has 2 heterocycles. The molecular formula is C14H20N4. The maximum Gasteiger partial charge on any atom is 0.153 e. The highest BCUT2D eigenvalue weighted by Crippen LogP contribution is 2.13. The van der Waals surface area contributed by atoms with Gasteiger partial charge >= 0.3 is 0 Å². The minimum absolute atomic E-state index is 0.444. The number of hydrogen-bond donors (Lipinski definition) is 1. The third-order valence-corrected chi connectivity index (χ3v) is 2.82. The Labute approximate surface area is 108 Å². The number of hydrogen-bond acceptors (Lipinski definition) is 3. The molecule has 0 radical (unpaired) electrons. The van der Waals surface area contributed by atoms with Crippen molar-refractivity contribution in [1.82, 2.24) is 20.1 Å². The smallest absolute Gasteiger partial charge is 0.153 e. The summed E-state index contributed by atoms with van der Waals surface area (Å²) in [5.74, 6) is 1.31. The third kappa shape index (κ3) is 2.96. The first-order valence-corrected chi connectivity index (χ1v) is 6.42. The maximum atomic E-state index is 4.51. The highest BCUT2D eigenvalue weighted by Gasteiger charge is 2.05. The fourth-order valence-corrected chi connectivity index (χ4v) is 1.70. The van der Waals surface area contributed by atoms with Gasteiger partial charge in [-0.3, -0.25) is 0 Å². The Morgan fingerprint density at radius 3 is 2.67 bits per heavy atom. The van der Waals surface area contributed by atoms with E-state index in [1.807, 2.05) is 29.2 Å². The Morgan fingerprint density at radius 2 is 2.11 bits per heavy atom. The van der Waals surface area contributed by atoms with Crippen LogP contribution in [-0.4, -0.2) is 21.3 Å². The van der Waals surface area contributed by atoms with E-state index < -0.39 is 0 Å². The standard InChI is InChI=1S/C14H20N4/c1-4-15-9-12-5-6-14(16-10-12)18-8-7-13(17-18)11(2)3/h5-8,10-11,15H,4,9H2,1-3H3. The molecular weight excluding hydrogens is 224 g/mol. The SMILES string of the molecule is CCNCc1ccc(-n2ccc(C(C)C)n2)nc1. The largest absolute Gasteiger partial charge is 0.313 e.